The minimum Gasteiger partial charge on any atom is -0.495 e. The van der Waals surface area contributed by atoms with Crippen LogP contribution in [0.4, 0.5) is 5.69 Å². The van der Waals surface area contributed by atoms with E-state index in [-0.39, 0.29) is 10.9 Å². The van der Waals surface area contributed by atoms with Gasteiger partial charge in [-0.2, -0.15) is 0 Å². The van der Waals surface area contributed by atoms with Gasteiger partial charge >= 0.3 is 0 Å². The number of anilines is 1. The van der Waals surface area contributed by atoms with Gasteiger partial charge in [-0.05, 0) is 38.0 Å². The molecule has 3 N–H and O–H groups in total. The van der Waals surface area contributed by atoms with Gasteiger partial charge in [0.25, 0.3) is 0 Å². The number of benzene rings is 1. The lowest BCUT2D eigenvalue weighted by Gasteiger charge is -2.17. The molecule has 0 saturated carbocycles. The second kappa shape index (κ2) is 6.58. The molecule has 0 spiro atoms. The van der Waals surface area contributed by atoms with E-state index in [2.05, 4.69) is 11.9 Å². The van der Waals surface area contributed by atoms with Crippen LogP contribution < -0.4 is 15.2 Å². The number of allylic oxidation sites excluding steroid dienone is 1. The van der Waals surface area contributed by atoms with E-state index in [1.54, 1.807) is 6.07 Å². The Labute approximate surface area is 114 Å². The van der Waals surface area contributed by atoms with Crippen LogP contribution in [0.15, 0.2) is 35.7 Å². The van der Waals surface area contributed by atoms with Gasteiger partial charge in [-0.1, -0.05) is 6.08 Å². The molecule has 0 amide bonds. The molecule has 0 aliphatic carbocycles. The van der Waals surface area contributed by atoms with Crippen LogP contribution in [0.1, 0.15) is 19.8 Å². The fourth-order valence-electron chi connectivity index (χ4n) is 1.68. The smallest absolute Gasteiger partial charge is 0.238 e. The van der Waals surface area contributed by atoms with Crippen molar-refractivity contribution in [2.24, 2.45) is 5.14 Å². The van der Waals surface area contributed by atoms with E-state index in [0.29, 0.717) is 11.4 Å². The number of sulfonamides is 1. The van der Waals surface area contributed by atoms with Gasteiger partial charge in [-0.25, -0.2) is 13.6 Å². The Morgan fingerprint density at radius 3 is 2.74 bits per heavy atom. The van der Waals surface area contributed by atoms with Crippen LogP contribution in [0.3, 0.4) is 0 Å². The number of methoxy groups -OCH3 is 1. The van der Waals surface area contributed by atoms with Gasteiger partial charge < -0.3 is 10.1 Å². The summed E-state index contributed by atoms with van der Waals surface area (Å²) in [7, 11) is -2.18. The maximum atomic E-state index is 11.3. The SMILES string of the molecule is C=CCCC(C)Nc1cc(S(N)(=O)=O)ccc1OC. The van der Waals surface area contributed by atoms with E-state index >= 15 is 0 Å². The summed E-state index contributed by atoms with van der Waals surface area (Å²) in [6.45, 7) is 5.68. The first kappa shape index (κ1) is 15.5. The molecule has 5 nitrogen and oxygen atoms in total. The van der Waals surface area contributed by atoms with Crippen molar-refractivity contribution in [3.63, 3.8) is 0 Å². The summed E-state index contributed by atoms with van der Waals surface area (Å²) >= 11 is 0. The number of rotatable bonds is 7. The Morgan fingerprint density at radius 1 is 1.53 bits per heavy atom. The second-order valence-corrected chi connectivity index (χ2v) is 5.88. The van der Waals surface area contributed by atoms with Crippen LogP contribution in [0.5, 0.6) is 5.75 Å². The number of nitrogens with one attached hydrogen (secondary N) is 1. The first-order chi connectivity index (χ1) is 8.88. The molecular formula is C13H20N2O3S. The van der Waals surface area contributed by atoms with Crippen molar-refractivity contribution in [1.29, 1.82) is 0 Å². The van der Waals surface area contributed by atoms with Crippen molar-refractivity contribution >= 4 is 15.7 Å². The highest BCUT2D eigenvalue weighted by Gasteiger charge is 2.13. The maximum Gasteiger partial charge on any atom is 0.238 e. The molecule has 1 aromatic carbocycles. The fourth-order valence-corrected chi connectivity index (χ4v) is 2.22. The van der Waals surface area contributed by atoms with E-state index in [0.717, 1.165) is 12.8 Å². The largest absolute Gasteiger partial charge is 0.495 e. The van der Waals surface area contributed by atoms with Crippen molar-refractivity contribution in [3.8, 4) is 5.75 Å². The summed E-state index contributed by atoms with van der Waals surface area (Å²) in [6.07, 6.45) is 3.62. The van der Waals surface area contributed by atoms with Crippen LogP contribution >= 0.6 is 0 Å². The van der Waals surface area contributed by atoms with Crippen LogP contribution in [-0.2, 0) is 10.0 Å². The van der Waals surface area contributed by atoms with Gasteiger partial charge in [-0.15, -0.1) is 6.58 Å². The summed E-state index contributed by atoms with van der Waals surface area (Å²) in [5.41, 5.74) is 0.616. The molecule has 19 heavy (non-hydrogen) atoms. The number of ether oxygens (including phenoxy) is 1. The average molecular weight is 284 g/mol. The average Bonchev–Trinajstić information content (AvgIpc) is 2.35. The summed E-state index contributed by atoms with van der Waals surface area (Å²) in [5.74, 6) is 0.581. The Bertz CT molecular complexity index is 541. The molecule has 6 heteroatoms. The van der Waals surface area contributed by atoms with Crippen molar-refractivity contribution < 1.29 is 13.2 Å². The summed E-state index contributed by atoms with van der Waals surface area (Å²) in [5, 5.41) is 8.33. The van der Waals surface area contributed by atoms with Crippen LogP contribution in [0.25, 0.3) is 0 Å². The minimum atomic E-state index is -3.71. The Kier molecular flexibility index (Phi) is 5.38. The van der Waals surface area contributed by atoms with Crippen LogP contribution in [-0.4, -0.2) is 21.6 Å². The second-order valence-electron chi connectivity index (χ2n) is 4.32. The molecule has 1 atom stereocenters. The molecule has 0 aliphatic heterocycles. The first-order valence-electron chi connectivity index (χ1n) is 5.96. The molecule has 1 unspecified atom stereocenters. The molecule has 1 rings (SSSR count). The molecule has 106 valence electrons. The van der Waals surface area contributed by atoms with Gasteiger partial charge in [0.2, 0.25) is 10.0 Å². The molecule has 0 aliphatic rings. The van der Waals surface area contributed by atoms with E-state index in [1.165, 1.54) is 19.2 Å². The quantitative estimate of drug-likeness (QED) is 0.751. The van der Waals surface area contributed by atoms with Crippen LogP contribution in [0.2, 0.25) is 0 Å². The van der Waals surface area contributed by atoms with Crippen molar-refractivity contribution in [2.75, 3.05) is 12.4 Å². The first-order valence-corrected chi connectivity index (χ1v) is 7.51. The number of primary sulfonamides is 1. The van der Waals surface area contributed by atoms with Gasteiger partial charge in [0.05, 0.1) is 17.7 Å². The van der Waals surface area contributed by atoms with Gasteiger partial charge in [-0.3, -0.25) is 0 Å². The van der Waals surface area contributed by atoms with E-state index < -0.39 is 10.0 Å². The lowest BCUT2D eigenvalue weighted by molar-refractivity contribution is 0.415. The minimum absolute atomic E-state index is 0.0618. The molecule has 0 heterocycles. The Balaban J connectivity index is 2.99. The van der Waals surface area contributed by atoms with E-state index in [4.69, 9.17) is 9.88 Å². The molecule has 1 aromatic rings. The molecule has 0 fully saturated rings. The zero-order chi connectivity index (χ0) is 14.5. The predicted molar refractivity (Wildman–Crippen MR) is 76.9 cm³/mol. The van der Waals surface area contributed by atoms with Gasteiger partial charge in [0, 0.05) is 6.04 Å². The number of hydrogen-bond acceptors (Lipinski definition) is 4. The highest BCUT2D eigenvalue weighted by Crippen LogP contribution is 2.28. The van der Waals surface area contributed by atoms with Gasteiger partial charge in [0.1, 0.15) is 5.75 Å². The fraction of sp³-hybridized carbons (Fsp3) is 0.385. The summed E-state index contributed by atoms with van der Waals surface area (Å²) in [6, 6.07) is 4.66. The molecule has 0 radical (unpaired) electrons. The lowest BCUT2D eigenvalue weighted by atomic mass is 10.1. The molecule has 0 saturated heterocycles. The molecular weight excluding hydrogens is 264 g/mol. The topological polar surface area (TPSA) is 81.4 Å². The Hall–Kier alpha value is -1.53. The lowest BCUT2D eigenvalue weighted by Crippen LogP contribution is -2.17. The van der Waals surface area contributed by atoms with Crippen LogP contribution in [0, 0.1) is 0 Å². The zero-order valence-electron chi connectivity index (χ0n) is 11.2. The predicted octanol–water partition coefficient (Wildman–Crippen LogP) is 2.11. The monoisotopic (exact) mass is 284 g/mol. The zero-order valence-corrected chi connectivity index (χ0v) is 12.0. The summed E-state index contributed by atoms with van der Waals surface area (Å²) < 4.78 is 27.9. The van der Waals surface area contributed by atoms with Crippen molar-refractivity contribution in [3.05, 3.63) is 30.9 Å². The normalized spacial score (nSPS) is 12.8. The van der Waals surface area contributed by atoms with Crippen molar-refractivity contribution in [1.82, 2.24) is 0 Å². The third-order valence-corrected chi connectivity index (χ3v) is 3.62. The van der Waals surface area contributed by atoms with Gasteiger partial charge in [0.15, 0.2) is 0 Å². The van der Waals surface area contributed by atoms with E-state index in [9.17, 15) is 8.42 Å². The third kappa shape index (κ3) is 4.57. The van der Waals surface area contributed by atoms with Crippen molar-refractivity contribution in [2.45, 2.75) is 30.7 Å². The maximum absolute atomic E-state index is 11.3. The number of nitrogens with two attached hydrogens (primary N) is 1. The third-order valence-electron chi connectivity index (χ3n) is 2.71. The van der Waals surface area contributed by atoms with E-state index in [1.807, 2.05) is 13.0 Å². The highest BCUT2D eigenvalue weighted by molar-refractivity contribution is 7.89. The Morgan fingerprint density at radius 2 is 2.21 bits per heavy atom. The highest BCUT2D eigenvalue weighted by atomic mass is 32.2. The molecule has 0 bridgehead atoms. The molecule has 0 aromatic heterocycles. The standard InChI is InChI=1S/C13H20N2O3S/c1-4-5-6-10(2)15-12-9-11(19(14,16)17)7-8-13(12)18-3/h4,7-10,15H,1,5-6H2,2-3H3,(H2,14,16,17). The number of hydrogen-bond donors (Lipinski definition) is 2. The summed E-state index contributed by atoms with van der Waals surface area (Å²) in [4.78, 5) is 0.0618.